The molecule has 0 saturated carbocycles. The molecule has 2 amide bonds. The van der Waals surface area contributed by atoms with Crippen molar-refractivity contribution < 1.29 is 9.59 Å². The van der Waals surface area contributed by atoms with Gasteiger partial charge < -0.3 is 15.5 Å². The lowest BCUT2D eigenvalue weighted by Gasteiger charge is -2.36. The highest BCUT2D eigenvalue weighted by molar-refractivity contribution is 5.82. The van der Waals surface area contributed by atoms with Crippen molar-refractivity contribution in [2.24, 2.45) is 11.7 Å². The summed E-state index contributed by atoms with van der Waals surface area (Å²) < 4.78 is 0. The van der Waals surface area contributed by atoms with E-state index in [-0.39, 0.29) is 17.7 Å². The van der Waals surface area contributed by atoms with E-state index in [1.54, 1.807) is 0 Å². The zero-order valence-corrected chi connectivity index (χ0v) is 13.3. The molecule has 0 unspecified atom stereocenters. The van der Waals surface area contributed by atoms with Crippen LogP contribution in [0.25, 0.3) is 0 Å². The Morgan fingerprint density at radius 1 is 0.952 bits per heavy atom. The summed E-state index contributed by atoms with van der Waals surface area (Å²) in [5, 5.41) is 0. The fourth-order valence-electron chi connectivity index (χ4n) is 2.88. The van der Waals surface area contributed by atoms with Crippen LogP contribution in [0.5, 0.6) is 0 Å². The van der Waals surface area contributed by atoms with Crippen molar-refractivity contribution in [3.63, 3.8) is 0 Å². The minimum atomic E-state index is -0.414. The van der Waals surface area contributed by atoms with Gasteiger partial charge in [0.05, 0.1) is 12.6 Å². The van der Waals surface area contributed by atoms with Crippen LogP contribution in [-0.4, -0.2) is 78.4 Å². The summed E-state index contributed by atoms with van der Waals surface area (Å²) in [7, 11) is 0. The highest BCUT2D eigenvalue weighted by Crippen LogP contribution is 2.10. The van der Waals surface area contributed by atoms with Crippen molar-refractivity contribution in [2.75, 3.05) is 45.8 Å². The number of carbonyl (C=O) groups excluding carboxylic acids is 2. The first-order valence-corrected chi connectivity index (χ1v) is 8.03. The molecule has 0 spiro atoms. The zero-order chi connectivity index (χ0) is 15.4. The minimum Gasteiger partial charge on any atom is -0.342 e. The average molecular weight is 296 g/mol. The molecular weight excluding hydrogens is 268 g/mol. The number of hydrogen-bond donors (Lipinski definition) is 1. The number of nitrogens with zero attached hydrogens (tertiary/aromatic N) is 3. The molecular formula is C15H28N4O2. The molecule has 0 aromatic rings. The number of likely N-dealkylation sites (tertiary alicyclic amines) is 1. The van der Waals surface area contributed by atoms with Crippen LogP contribution >= 0.6 is 0 Å². The van der Waals surface area contributed by atoms with E-state index in [9.17, 15) is 9.59 Å². The predicted molar refractivity (Wildman–Crippen MR) is 81.6 cm³/mol. The summed E-state index contributed by atoms with van der Waals surface area (Å²) in [5.41, 5.74) is 5.92. The first-order valence-electron chi connectivity index (χ1n) is 8.03. The molecule has 2 heterocycles. The molecule has 2 saturated heterocycles. The Bertz CT molecular complexity index is 372. The minimum absolute atomic E-state index is 0.0375. The molecule has 0 bridgehead atoms. The lowest BCUT2D eigenvalue weighted by Crippen LogP contribution is -2.55. The third-order valence-electron chi connectivity index (χ3n) is 4.50. The average Bonchev–Trinajstić information content (AvgIpc) is 3.00. The molecule has 0 aliphatic carbocycles. The molecule has 0 aromatic heterocycles. The van der Waals surface area contributed by atoms with Crippen LogP contribution in [0.3, 0.4) is 0 Å². The molecule has 1 atom stereocenters. The maximum absolute atomic E-state index is 12.2. The van der Waals surface area contributed by atoms with Crippen LogP contribution in [0.1, 0.15) is 26.7 Å². The van der Waals surface area contributed by atoms with Crippen LogP contribution in [-0.2, 0) is 9.59 Å². The number of carbonyl (C=O) groups is 2. The standard InChI is InChI=1S/C15H28N4O2/c1-12(2)14(16)15(21)19-9-7-17(8-10-19)11-13(20)18-5-3-4-6-18/h12,14H,3-11,16H2,1-2H3/t14-/m0/s1. The first kappa shape index (κ1) is 16.2. The highest BCUT2D eigenvalue weighted by Gasteiger charge is 2.28. The Labute approximate surface area is 127 Å². The predicted octanol–water partition coefficient (Wildman–Crippen LogP) is -0.264. The van der Waals surface area contributed by atoms with Crippen molar-refractivity contribution >= 4 is 11.8 Å². The summed E-state index contributed by atoms with van der Waals surface area (Å²) in [5.74, 6) is 0.425. The molecule has 6 nitrogen and oxygen atoms in total. The molecule has 2 aliphatic rings. The quantitative estimate of drug-likeness (QED) is 0.776. The smallest absolute Gasteiger partial charge is 0.239 e. The second kappa shape index (κ2) is 7.22. The molecule has 0 aromatic carbocycles. The molecule has 2 aliphatic heterocycles. The highest BCUT2D eigenvalue weighted by atomic mass is 16.2. The van der Waals surface area contributed by atoms with Gasteiger partial charge in [-0.25, -0.2) is 0 Å². The largest absolute Gasteiger partial charge is 0.342 e. The molecule has 2 rings (SSSR count). The topological polar surface area (TPSA) is 69.9 Å². The van der Waals surface area contributed by atoms with E-state index in [4.69, 9.17) is 5.73 Å². The van der Waals surface area contributed by atoms with Gasteiger partial charge in [-0.2, -0.15) is 0 Å². The van der Waals surface area contributed by atoms with Crippen molar-refractivity contribution in [2.45, 2.75) is 32.7 Å². The SMILES string of the molecule is CC(C)[C@H](N)C(=O)N1CCN(CC(=O)N2CCCC2)CC1. The van der Waals surface area contributed by atoms with Gasteiger partial charge >= 0.3 is 0 Å². The van der Waals surface area contributed by atoms with E-state index >= 15 is 0 Å². The van der Waals surface area contributed by atoms with Gasteiger partial charge in [0, 0.05) is 39.3 Å². The third kappa shape index (κ3) is 4.17. The Morgan fingerprint density at radius 3 is 2.05 bits per heavy atom. The van der Waals surface area contributed by atoms with Crippen molar-refractivity contribution in [1.29, 1.82) is 0 Å². The number of nitrogens with two attached hydrogens (primary N) is 1. The lowest BCUT2D eigenvalue weighted by atomic mass is 10.0. The van der Waals surface area contributed by atoms with Gasteiger partial charge in [0.15, 0.2) is 0 Å². The van der Waals surface area contributed by atoms with E-state index < -0.39 is 6.04 Å². The van der Waals surface area contributed by atoms with Crippen molar-refractivity contribution in [1.82, 2.24) is 14.7 Å². The van der Waals surface area contributed by atoms with Gasteiger partial charge in [0.1, 0.15) is 0 Å². The Hall–Kier alpha value is -1.14. The normalized spacial score (nSPS) is 21.9. The first-order chi connectivity index (χ1) is 9.99. The summed E-state index contributed by atoms with van der Waals surface area (Å²) in [4.78, 5) is 30.2. The Balaban J connectivity index is 1.75. The number of rotatable bonds is 4. The number of amides is 2. The zero-order valence-electron chi connectivity index (χ0n) is 13.3. The summed E-state index contributed by atoms with van der Waals surface area (Å²) in [6.45, 7) is 9.09. The molecule has 0 radical (unpaired) electrons. The van der Waals surface area contributed by atoms with Gasteiger partial charge in [-0.3, -0.25) is 14.5 Å². The molecule has 120 valence electrons. The van der Waals surface area contributed by atoms with Crippen molar-refractivity contribution in [3.8, 4) is 0 Å². The van der Waals surface area contributed by atoms with Crippen LogP contribution in [0, 0.1) is 5.92 Å². The number of hydrogen-bond acceptors (Lipinski definition) is 4. The summed E-state index contributed by atoms with van der Waals surface area (Å²) in [6, 6.07) is -0.414. The van der Waals surface area contributed by atoms with E-state index in [0.29, 0.717) is 19.6 Å². The molecule has 21 heavy (non-hydrogen) atoms. The van der Waals surface area contributed by atoms with Gasteiger partial charge in [0.2, 0.25) is 11.8 Å². The molecule has 6 heteroatoms. The van der Waals surface area contributed by atoms with Gasteiger partial charge in [0.25, 0.3) is 0 Å². The molecule has 2 fully saturated rings. The van der Waals surface area contributed by atoms with E-state index in [0.717, 1.165) is 39.0 Å². The van der Waals surface area contributed by atoms with E-state index in [1.807, 2.05) is 23.6 Å². The number of piperazine rings is 1. The second-order valence-corrected chi connectivity index (χ2v) is 6.46. The van der Waals surface area contributed by atoms with Crippen LogP contribution in [0.4, 0.5) is 0 Å². The lowest BCUT2D eigenvalue weighted by molar-refractivity contribution is -0.136. The molecule has 2 N–H and O–H groups in total. The van der Waals surface area contributed by atoms with Gasteiger partial charge in [-0.1, -0.05) is 13.8 Å². The van der Waals surface area contributed by atoms with Gasteiger partial charge in [-0.15, -0.1) is 0 Å². The summed E-state index contributed by atoms with van der Waals surface area (Å²) in [6.07, 6.45) is 2.25. The maximum Gasteiger partial charge on any atom is 0.239 e. The van der Waals surface area contributed by atoms with Crippen LogP contribution in [0.2, 0.25) is 0 Å². The Kier molecular flexibility index (Phi) is 5.58. The van der Waals surface area contributed by atoms with Gasteiger partial charge in [-0.05, 0) is 18.8 Å². The summed E-state index contributed by atoms with van der Waals surface area (Å²) >= 11 is 0. The third-order valence-corrected chi connectivity index (χ3v) is 4.50. The Morgan fingerprint density at radius 2 is 1.52 bits per heavy atom. The van der Waals surface area contributed by atoms with Crippen LogP contribution in [0.15, 0.2) is 0 Å². The monoisotopic (exact) mass is 296 g/mol. The second-order valence-electron chi connectivity index (χ2n) is 6.46. The van der Waals surface area contributed by atoms with Crippen LogP contribution < -0.4 is 5.73 Å². The fourth-order valence-corrected chi connectivity index (χ4v) is 2.88. The van der Waals surface area contributed by atoms with E-state index in [2.05, 4.69) is 4.90 Å². The van der Waals surface area contributed by atoms with E-state index in [1.165, 1.54) is 0 Å². The fraction of sp³-hybridized carbons (Fsp3) is 0.867. The maximum atomic E-state index is 12.2. The van der Waals surface area contributed by atoms with Crippen molar-refractivity contribution in [3.05, 3.63) is 0 Å².